The van der Waals surface area contributed by atoms with E-state index in [9.17, 15) is 21.6 Å². The fourth-order valence-corrected chi connectivity index (χ4v) is 1.79. The van der Waals surface area contributed by atoms with E-state index in [2.05, 4.69) is 14.2 Å². The lowest BCUT2D eigenvalue weighted by molar-refractivity contribution is -0.0501. The molecule has 10 heteroatoms. The lowest BCUT2D eigenvalue weighted by Crippen LogP contribution is -2.28. The molecule has 0 fully saturated rings. The third kappa shape index (κ3) is 2.59. The molecular weight excluding hydrogens is 301 g/mol. The van der Waals surface area contributed by atoms with Gasteiger partial charge in [0.2, 0.25) is 11.8 Å². The summed E-state index contributed by atoms with van der Waals surface area (Å²) in [5.41, 5.74) is -5.33. The predicted molar refractivity (Wildman–Crippen MR) is 61.7 cm³/mol. The zero-order chi connectivity index (χ0) is 15.0. The lowest BCUT2D eigenvalue weighted by atomic mass is 10.2. The quantitative estimate of drug-likeness (QED) is 0.636. The average Bonchev–Trinajstić information content (AvgIpc) is 2.35. The van der Waals surface area contributed by atoms with Gasteiger partial charge in [0.1, 0.15) is 0 Å². The molecule has 108 valence electrons. The first kappa shape index (κ1) is 14.3. The van der Waals surface area contributed by atoms with E-state index in [1.165, 1.54) is 25.4 Å². The van der Waals surface area contributed by atoms with Crippen molar-refractivity contribution in [1.82, 2.24) is 9.97 Å². The molecule has 6 nitrogen and oxygen atoms in total. The first-order valence-electron chi connectivity index (χ1n) is 5.05. The van der Waals surface area contributed by atoms with Crippen molar-refractivity contribution in [2.75, 3.05) is 7.11 Å². The Hall–Kier alpha value is -2.10. The molecule has 20 heavy (non-hydrogen) atoms. The van der Waals surface area contributed by atoms with Crippen LogP contribution in [0, 0.1) is 0 Å². The predicted octanol–water partition coefficient (Wildman–Crippen LogP) is 1.87. The summed E-state index contributed by atoms with van der Waals surface area (Å²) in [7, 11) is -4.38. The number of hydrogen-bond donors (Lipinski definition) is 0. The molecule has 0 atom stereocenters. The van der Waals surface area contributed by atoms with Crippen LogP contribution < -0.4 is 8.92 Å². The van der Waals surface area contributed by atoms with Crippen molar-refractivity contribution >= 4 is 21.0 Å². The second-order valence-electron chi connectivity index (χ2n) is 3.52. The van der Waals surface area contributed by atoms with Gasteiger partial charge in [0.25, 0.3) is 0 Å². The third-order valence-electron chi connectivity index (χ3n) is 2.23. The number of fused-ring (bicyclic) bond motifs is 1. The van der Waals surface area contributed by atoms with Gasteiger partial charge in [-0.25, -0.2) is 9.97 Å². The highest BCUT2D eigenvalue weighted by Gasteiger charge is 2.48. The van der Waals surface area contributed by atoms with Crippen molar-refractivity contribution in [2.24, 2.45) is 0 Å². The van der Waals surface area contributed by atoms with Gasteiger partial charge in [0.05, 0.1) is 18.0 Å². The Labute approximate surface area is 111 Å². The lowest BCUT2D eigenvalue weighted by Gasteiger charge is -2.09. The van der Waals surface area contributed by atoms with Gasteiger partial charge in [-0.3, -0.25) is 0 Å². The molecule has 0 amide bonds. The summed E-state index contributed by atoms with van der Waals surface area (Å²) in [6.45, 7) is 0. The first-order valence-corrected chi connectivity index (χ1v) is 6.46. The third-order valence-corrected chi connectivity index (χ3v) is 3.18. The maximum Gasteiger partial charge on any atom is 0.534 e. The van der Waals surface area contributed by atoms with Gasteiger partial charge in [-0.15, -0.1) is 0 Å². The molecule has 0 unspecified atom stereocenters. The molecule has 0 aliphatic rings. The molecule has 2 rings (SSSR count). The molecule has 0 spiro atoms. The molecule has 0 aliphatic heterocycles. The van der Waals surface area contributed by atoms with E-state index in [1.54, 1.807) is 0 Å². The molecule has 2 aromatic rings. The van der Waals surface area contributed by atoms with Crippen LogP contribution in [-0.4, -0.2) is 31.0 Å². The van der Waals surface area contributed by atoms with Crippen LogP contribution in [0.25, 0.3) is 10.9 Å². The van der Waals surface area contributed by atoms with Crippen LogP contribution in [-0.2, 0) is 10.1 Å². The highest BCUT2D eigenvalue weighted by atomic mass is 32.2. The normalized spacial score (nSPS) is 12.4. The Bertz CT molecular complexity index is 746. The van der Waals surface area contributed by atoms with E-state index in [0.717, 1.165) is 6.07 Å². The van der Waals surface area contributed by atoms with E-state index in [4.69, 9.17) is 4.74 Å². The van der Waals surface area contributed by atoms with Crippen molar-refractivity contribution in [3.05, 3.63) is 24.4 Å². The number of hydrogen-bond acceptors (Lipinski definition) is 6. The maximum absolute atomic E-state index is 12.2. The Balaban J connectivity index is 2.44. The highest BCUT2D eigenvalue weighted by Crippen LogP contribution is 2.28. The number of halogens is 3. The van der Waals surface area contributed by atoms with Crippen LogP contribution in [0.4, 0.5) is 13.2 Å². The number of alkyl halides is 3. The summed E-state index contributed by atoms with van der Waals surface area (Å²) < 4.78 is 67.1. The molecule has 0 saturated carbocycles. The van der Waals surface area contributed by atoms with E-state index >= 15 is 0 Å². The highest BCUT2D eigenvalue weighted by molar-refractivity contribution is 7.87. The minimum Gasteiger partial charge on any atom is -0.481 e. The number of ether oxygens (including phenoxy) is 1. The standard InChI is InChI=1S/C10H7F3N2O4S/c1-18-9-6-2-3-8(15-7(6)4-5-14-9)19-20(16,17)10(11,12)13/h2-5H,1H3. The minimum atomic E-state index is -5.74. The van der Waals surface area contributed by atoms with E-state index < -0.39 is 21.5 Å². The van der Waals surface area contributed by atoms with Gasteiger partial charge in [-0.05, 0) is 12.1 Å². The number of nitrogens with zero attached hydrogens (tertiary/aromatic N) is 2. The van der Waals surface area contributed by atoms with Gasteiger partial charge in [0, 0.05) is 12.3 Å². The topological polar surface area (TPSA) is 78.4 Å². The van der Waals surface area contributed by atoms with Crippen molar-refractivity contribution < 1.29 is 30.5 Å². The molecule has 0 aromatic carbocycles. The summed E-state index contributed by atoms with van der Waals surface area (Å²) in [6, 6.07) is 3.66. The average molecular weight is 308 g/mol. The van der Waals surface area contributed by atoms with Crippen LogP contribution in [0.3, 0.4) is 0 Å². The molecule has 0 N–H and O–H groups in total. The Morgan fingerprint density at radius 2 is 1.90 bits per heavy atom. The number of rotatable bonds is 3. The monoisotopic (exact) mass is 308 g/mol. The molecule has 0 aliphatic carbocycles. The molecule has 0 saturated heterocycles. The van der Waals surface area contributed by atoms with Gasteiger partial charge < -0.3 is 8.92 Å². The summed E-state index contributed by atoms with van der Waals surface area (Å²) in [5.74, 6) is -0.483. The zero-order valence-electron chi connectivity index (χ0n) is 9.88. The minimum absolute atomic E-state index is 0.187. The van der Waals surface area contributed by atoms with Crippen LogP contribution in [0.5, 0.6) is 11.8 Å². The zero-order valence-corrected chi connectivity index (χ0v) is 10.7. The molecule has 0 radical (unpaired) electrons. The van der Waals surface area contributed by atoms with Crippen molar-refractivity contribution in [3.63, 3.8) is 0 Å². The first-order chi connectivity index (χ1) is 9.24. The molecule has 2 heterocycles. The Morgan fingerprint density at radius 3 is 2.50 bits per heavy atom. The number of pyridine rings is 2. The summed E-state index contributed by atoms with van der Waals surface area (Å²) >= 11 is 0. The van der Waals surface area contributed by atoms with Gasteiger partial charge in [-0.1, -0.05) is 0 Å². The van der Waals surface area contributed by atoms with Gasteiger partial charge in [0.15, 0.2) is 0 Å². The number of aromatic nitrogens is 2. The second kappa shape index (κ2) is 4.78. The summed E-state index contributed by atoms with van der Waals surface area (Å²) in [5, 5.41) is 0.409. The van der Waals surface area contributed by atoms with Crippen LogP contribution in [0.1, 0.15) is 0 Å². The second-order valence-corrected chi connectivity index (χ2v) is 5.06. The molecule has 2 aromatic heterocycles. The molecule has 0 bridgehead atoms. The van der Waals surface area contributed by atoms with E-state index in [1.807, 2.05) is 0 Å². The smallest absolute Gasteiger partial charge is 0.481 e. The maximum atomic E-state index is 12.2. The van der Waals surface area contributed by atoms with Crippen molar-refractivity contribution in [2.45, 2.75) is 5.51 Å². The SMILES string of the molecule is COc1nccc2nc(OS(=O)(=O)C(F)(F)F)ccc12. The van der Waals surface area contributed by atoms with Crippen molar-refractivity contribution in [3.8, 4) is 11.8 Å². The van der Waals surface area contributed by atoms with Crippen molar-refractivity contribution in [1.29, 1.82) is 0 Å². The van der Waals surface area contributed by atoms with Crippen LogP contribution in [0.2, 0.25) is 0 Å². The van der Waals surface area contributed by atoms with Gasteiger partial charge >= 0.3 is 15.6 Å². The van der Waals surface area contributed by atoms with Crippen LogP contribution in [0.15, 0.2) is 24.4 Å². The summed E-state index contributed by atoms with van der Waals surface area (Å²) in [6.07, 6.45) is 1.32. The fourth-order valence-electron chi connectivity index (χ4n) is 1.38. The van der Waals surface area contributed by atoms with Crippen LogP contribution >= 0.6 is 0 Å². The summed E-state index contributed by atoms with van der Waals surface area (Å²) in [4.78, 5) is 7.53. The largest absolute Gasteiger partial charge is 0.534 e. The van der Waals surface area contributed by atoms with Gasteiger partial charge in [-0.2, -0.15) is 21.6 Å². The number of methoxy groups -OCH3 is 1. The Morgan fingerprint density at radius 1 is 1.20 bits per heavy atom. The fraction of sp³-hybridized carbons (Fsp3) is 0.200. The van der Waals surface area contributed by atoms with E-state index in [-0.39, 0.29) is 11.4 Å². The Kier molecular flexibility index (Phi) is 3.42. The molecular formula is C10H7F3N2O4S. The van der Waals surface area contributed by atoms with E-state index in [0.29, 0.717) is 5.39 Å².